The molecule has 4 nitrogen and oxygen atoms in total. The number of esters is 1. The molecule has 3 rings (SSSR count). The molecule has 2 saturated carbocycles. The maximum atomic E-state index is 11.9. The van der Waals surface area contributed by atoms with Crippen LogP contribution in [-0.4, -0.2) is 36.5 Å². The first-order chi connectivity index (χ1) is 9.41. The van der Waals surface area contributed by atoms with E-state index in [1.54, 1.807) is 7.11 Å². The summed E-state index contributed by atoms with van der Waals surface area (Å²) >= 11 is 0. The van der Waals surface area contributed by atoms with Crippen LogP contribution in [0.3, 0.4) is 0 Å². The Hall–Kier alpha value is -0.870. The van der Waals surface area contributed by atoms with Gasteiger partial charge < -0.3 is 14.6 Å². The number of hydrogen-bond donors (Lipinski definition) is 1. The van der Waals surface area contributed by atoms with E-state index < -0.39 is 0 Å². The second kappa shape index (κ2) is 4.57. The number of ether oxygens (including phenoxy) is 2. The molecule has 20 heavy (non-hydrogen) atoms. The van der Waals surface area contributed by atoms with Crippen LogP contribution in [0.1, 0.15) is 40.0 Å². The molecule has 0 aromatic rings. The molecule has 2 fully saturated rings. The van der Waals surface area contributed by atoms with E-state index in [9.17, 15) is 9.90 Å². The number of aliphatic hydroxyl groups is 1. The second-order valence-electron chi connectivity index (χ2n) is 6.82. The number of aliphatic hydroxyl groups excluding tert-OH is 1. The summed E-state index contributed by atoms with van der Waals surface area (Å²) in [6.45, 7) is 6.15. The maximum absolute atomic E-state index is 11.9. The van der Waals surface area contributed by atoms with E-state index in [-0.39, 0.29) is 35.6 Å². The highest BCUT2D eigenvalue weighted by Gasteiger charge is 2.58. The fourth-order valence-corrected chi connectivity index (χ4v) is 4.70. The Labute approximate surface area is 120 Å². The third-order valence-corrected chi connectivity index (χ3v) is 6.17. The van der Waals surface area contributed by atoms with Crippen LogP contribution in [-0.2, 0) is 14.3 Å². The molecule has 0 aromatic heterocycles. The number of methoxy groups -OCH3 is 1. The molecule has 3 aliphatic rings. The van der Waals surface area contributed by atoms with Crippen molar-refractivity contribution in [1.29, 1.82) is 0 Å². The van der Waals surface area contributed by atoms with Gasteiger partial charge in [-0.05, 0) is 38.0 Å². The van der Waals surface area contributed by atoms with Gasteiger partial charge in [0, 0.05) is 23.7 Å². The van der Waals surface area contributed by atoms with Gasteiger partial charge in [0.05, 0.1) is 12.2 Å². The van der Waals surface area contributed by atoms with Crippen LogP contribution in [0, 0.1) is 17.3 Å². The highest BCUT2D eigenvalue weighted by molar-refractivity contribution is 5.92. The van der Waals surface area contributed by atoms with E-state index in [2.05, 4.69) is 13.8 Å². The summed E-state index contributed by atoms with van der Waals surface area (Å²) in [5.74, 6) is 0.379. The van der Waals surface area contributed by atoms with E-state index in [1.807, 2.05) is 6.92 Å². The first kappa shape index (κ1) is 14.1. The Kier molecular flexibility index (Phi) is 3.22. The molecule has 6 atom stereocenters. The van der Waals surface area contributed by atoms with Crippen molar-refractivity contribution in [2.24, 2.45) is 17.3 Å². The summed E-state index contributed by atoms with van der Waals surface area (Å²) < 4.78 is 11.3. The van der Waals surface area contributed by atoms with Gasteiger partial charge in [0.25, 0.3) is 0 Å². The molecule has 1 N–H and O–H groups in total. The van der Waals surface area contributed by atoms with Crippen LogP contribution in [0.4, 0.5) is 0 Å². The third-order valence-electron chi connectivity index (χ3n) is 6.17. The first-order valence-corrected chi connectivity index (χ1v) is 7.53. The number of hydrogen-bond acceptors (Lipinski definition) is 4. The van der Waals surface area contributed by atoms with Crippen LogP contribution in [0.25, 0.3) is 0 Å². The van der Waals surface area contributed by atoms with Gasteiger partial charge in [-0.1, -0.05) is 13.8 Å². The lowest BCUT2D eigenvalue weighted by molar-refractivity contribution is -0.157. The molecular formula is C16H24O4. The van der Waals surface area contributed by atoms with Gasteiger partial charge >= 0.3 is 5.97 Å². The number of carbonyl (C=O) groups excluding carboxylic acids is 1. The molecule has 2 aliphatic carbocycles. The first-order valence-electron chi connectivity index (χ1n) is 7.53. The topological polar surface area (TPSA) is 55.8 Å². The number of fused-ring (bicyclic) bond motifs is 2. The summed E-state index contributed by atoms with van der Waals surface area (Å²) in [4.78, 5) is 11.9. The van der Waals surface area contributed by atoms with Crippen molar-refractivity contribution in [1.82, 2.24) is 0 Å². The molecule has 1 aliphatic heterocycles. The lowest BCUT2D eigenvalue weighted by Gasteiger charge is -2.56. The van der Waals surface area contributed by atoms with Crippen molar-refractivity contribution in [3.8, 4) is 0 Å². The van der Waals surface area contributed by atoms with E-state index in [0.717, 1.165) is 24.8 Å². The molecular weight excluding hydrogens is 256 g/mol. The smallest absolute Gasteiger partial charge is 0.334 e. The molecule has 1 heterocycles. The van der Waals surface area contributed by atoms with Crippen LogP contribution < -0.4 is 0 Å². The highest BCUT2D eigenvalue weighted by Crippen LogP contribution is 2.57. The third kappa shape index (κ3) is 1.64. The molecule has 0 aromatic carbocycles. The summed E-state index contributed by atoms with van der Waals surface area (Å²) in [5.41, 5.74) is 1.58. The van der Waals surface area contributed by atoms with Crippen molar-refractivity contribution < 1.29 is 19.4 Å². The van der Waals surface area contributed by atoms with Gasteiger partial charge in [-0.25, -0.2) is 4.79 Å². The SMILES string of the molecule is COC1C2=C(C)C(=O)OC2CC2CCC(O)C(C)C21C. The van der Waals surface area contributed by atoms with E-state index >= 15 is 0 Å². The lowest BCUT2D eigenvalue weighted by Crippen LogP contribution is -2.57. The Balaban J connectivity index is 2.08. The van der Waals surface area contributed by atoms with Gasteiger partial charge in [-0.2, -0.15) is 0 Å². The molecule has 0 radical (unpaired) electrons. The van der Waals surface area contributed by atoms with E-state index in [0.29, 0.717) is 11.5 Å². The summed E-state index contributed by atoms with van der Waals surface area (Å²) in [5, 5.41) is 10.3. The van der Waals surface area contributed by atoms with Crippen LogP contribution in [0.15, 0.2) is 11.1 Å². The fourth-order valence-electron chi connectivity index (χ4n) is 4.70. The Bertz CT molecular complexity index is 469. The normalized spacial score (nSPS) is 47.9. The van der Waals surface area contributed by atoms with E-state index in [1.165, 1.54) is 0 Å². The van der Waals surface area contributed by atoms with Crippen molar-refractivity contribution in [3.63, 3.8) is 0 Å². The van der Waals surface area contributed by atoms with Gasteiger partial charge in [-0.15, -0.1) is 0 Å². The Morgan fingerprint density at radius 1 is 1.40 bits per heavy atom. The van der Waals surface area contributed by atoms with Crippen molar-refractivity contribution in [2.45, 2.75) is 58.3 Å². The summed E-state index contributed by atoms with van der Waals surface area (Å²) in [7, 11) is 1.70. The van der Waals surface area contributed by atoms with Gasteiger partial charge in [-0.3, -0.25) is 0 Å². The molecule has 6 unspecified atom stereocenters. The molecule has 4 heteroatoms. The predicted octanol–water partition coefficient (Wildman–Crippen LogP) is 2.06. The standard InChI is InChI=1S/C16H24O4/c1-8-13-12(20-15(8)18)7-10-5-6-11(17)9(2)16(10,3)14(13)19-4/h9-12,14,17H,5-7H2,1-4H3. The average molecular weight is 280 g/mol. The maximum Gasteiger partial charge on any atom is 0.334 e. The Morgan fingerprint density at radius 3 is 2.75 bits per heavy atom. The quantitative estimate of drug-likeness (QED) is 0.747. The number of rotatable bonds is 1. The van der Waals surface area contributed by atoms with Crippen LogP contribution in [0.2, 0.25) is 0 Å². The second-order valence-corrected chi connectivity index (χ2v) is 6.82. The monoisotopic (exact) mass is 280 g/mol. The zero-order valence-corrected chi connectivity index (χ0v) is 12.7. The molecule has 0 saturated heterocycles. The van der Waals surface area contributed by atoms with E-state index in [4.69, 9.17) is 9.47 Å². The number of carbonyl (C=O) groups is 1. The minimum Gasteiger partial charge on any atom is -0.454 e. The summed E-state index contributed by atoms with van der Waals surface area (Å²) in [6, 6.07) is 0. The van der Waals surface area contributed by atoms with Crippen LogP contribution in [0.5, 0.6) is 0 Å². The van der Waals surface area contributed by atoms with Gasteiger partial charge in [0.2, 0.25) is 0 Å². The molecule has 112 valence electrons. The molecule has 0 amide bonds. The van der Waals surface area contributed by atoms with Crippen molar-refractivity contribution >= 4 is 5.97 Å². The Morgan fingerprint density at radius 2 is 2.10 bits per heavy atom. The van der Waals surface area contributed by atoms with Crippen molar-refractivity contribution in [2.75, 3.05) is 7.11 Å². The predicted molar refractivity (Wildman–Crippen MR) is 74.0 cm³/mol. The van der Waals surface area contributed by atoms with Crippen molar-refractivity contribution in [3.05, 3.63) is 11.1 Å². The largest absolute Gasteiger partial charge is 0.454 e. The molecule has 0 bridgehead atoms. The fraction of sp³-hybridized carbons (Fsp3) is 0.812. The molecule has 0 spiro atoms. The van der Waals surface area contributed by atoms with Crippen LogP contribution >= 0.6 is 0 Å². The summed E-state index contributed by atoms with van der Waals surface area (Å²) in [6.07, 6.45) is 2.13. The lowest BCUT2D eigenvalue weighted by atomic mass is 9.52. The zero-order valence-electron chi connectivity index (χ0n) is 12.7. The minimum absolute atomic E-state index is 0.118. The minimum atomic E-state index is -0.288. The average Bonchev–Trinajstić information content (AvgIpc) is 2.69. The van der Waals surface area contributed by atoms with Gasteiger partial charge in [0.15, 0.2) is 0 Å². The zero-order chi connectivity index (χ0) is 14.7. The van der Waals surface area contributed by atoms with Gasteiger partial charge in [0.1, 0.15) is 6.10 Å². The highest BCUT2D eigenvalue weighted by atomic mass is 16.6.